The molecule has 86 valence electrons. The van der Waals surface area contributed by atoms with Crippen molar-refractivity contribution < 1.29 is 4.74 Å². The molecule has 0 aromatic heterocycles. The molecule has 0 saturated heterocycles. The summed E-state index contributed by atoms with van der Waals surface area (Å²) >= 11 is 0. The van der Waals surface area contributed by atoms with Gasteiger partial charge in [0.1, 0.15) is 18.4 Å². The molecule has 1 unspecified atom stereocenters. The molecule has 16 heavy (non-hydrogen) atoms. The summed E-state index contributed by atoms with van der Waals surface area (Å²) < 4.78 is 5.66. The Morgan fingerprint density at radius 3 is 2.62 bits per heavy atom. The molecule has 0 fully saturated rings. The lowest BCUT2D eigenvalue weighted by atomic mass is 10.1. The largest absolute Gasteiger partial charge is 0.491 e. The Kier molecular flexibility index (Phi) is 4.33. The van der Waals surface area contributed by atoms with Crippen LogP contribution in [-0.4, -0.2) is 19.7 Å². The highest BCUT2D eigenvalue weighted by Crippen LogP contribution is 2.23. The van der Waals surface area contributed by atoms with Crippen LogP contribution in [-0.2, 0) is 0 Å². The minimum atomic E-state index is -0.264. The molecule has 0 heterocycles. The van der Waals surface area contributed by atoms with Crippen LogP contribution < -0.4 is 10.1 Å². The molecular weight excluding hydrogens is 200 g/mol. The molecule has 1 rings (SSSR count). The van der Waals surface area contributed by atoms with Crippen LogP contribution in [0.2, 0.25) is 0 Å². The maximum absolute atomic E-state index is 8.79. The first-order valence-corrected chi connectivity index (χ1v) is 5.36. The third kappa shape index (κ3) is 2.98. The van der Waals surface area contributed by atoms with Crippen LogP contribution in [0.25, 0.3) is 0 Å². The van der Waals surface area contributed by atoms with Gasteiger partial charge in [-0.3, -0.25) is 0 Å². The Morgan fingerprint density at radius 1 is 1.38 bits per heavy atom. The first kappa shape index (κ1) is 12.5. The van der Waals surface area contributed by atoms with Crippen molar-refractivity contribution >= 4 is 0 Å². The van der Waals surface area contributed by atoms with E-state index in [1.54, 1.807) is 7.05 Å². The number of nitrogens with one attached hydrogen (secondary N) is 1. The highest BCUT2D eigenvalue weighted by molar-refractivity contribution is 5.41. The second kappa shape index (κ2) is 5.53. The lowest BCUT2D eigenvalue weighted by Gasteiger charge is -2.14. The smallest absolute Gasteiger partial charge is 0.129 e. The summed E-state index contributed by atoms with van der Waals surface area (Å²) in [6.07, 6.45) is 0. The summed E-state index contributed by atoms with van der Waals surface area (Å²) in [6.45, 7) is 6.51. The van der Waals surface area contributed by atoms with Gasteiger partial charge in [-0.1, -0.05) is 6.07 Å². The zero-order valence-electron chi connectivity index (χ0n) is 10.3. The Morgan fingerprint density at radius 2 is 2.06 bits per heavy atom. The molecule has 0 aliphatic heterocycles. The summed E-state index contributed by atoms with van der Waals surface area (Å²) in [6, 6.07) is 6.00. The van der Waals surface area contributed by atoms with E-state index in [2.05, 4.69) is 24.4 Å². The summed E-state index contributed by atoms with van der Waals surface area (Å²) in [5.74, 6) is 0.869. The molecular formula is C13H18N2O. The minimum Gasteiger partial charge on any atom is -0.491 e. The Hall–Kier alpha value is -1.53. The summed E-state index contributed by atoms with van der Waals surface area (Å²) in [4.78, 5) is 0. The van der Waals surface area contributed by atoms with E-state index in [-0.39, 0.29) is 6.04 Å². The molecule has 3 heteroatoms. The topological polar surface area (TPSA) is 45.0 Å². The number of rotatable bonds is 4. The van der Waals surface area contributed by atoms with Crippen molar-refractivity contribution in [3.63, 3.8) is 0 Å². The number of nitrogens with zero attached hydrogens (tertiary/aromatic N) is 1. The third-order valence-electron chi connectivity index (χ3n) is 2.67. The molecule has 0 spiro atoms. The van der Waals surface area contributed by atoms with Crippen LogP contribution in [0.4, 0.5) is 0 Å². The van der Waals surface area contributed by atoms with Gasteiger partial charge in [-0.05, 0) is 50.6 Å². The fourth-order valence-corrected chi connectivity index (χ4v) is 1.51. The van der Waals surface area contributed by atoms with E-state index < -0.39 is 0 Å². The number of hydrogen-bond donors (Lipinski definition) is 1. The molecule has 1 aromatic carbocycles. The van der Waals surface area contributed by atoms with Gasteiger partial charge in [0.2, 0.25) is 0 Å². The van der Waals surface area contributed by atoms with Gasteiger partial charge in [-0.25, -0.2) is 0 Å². The van der Waals surface area contributed by atoms with Crippen LogP contribution in [0.5, 0.6) is 5.75 Å². The van der Waals surface area contributed by atoms with Gasteiger partial charge in [-0.15, -0.1) is 0 Å². The molecule has 0 aliphatic carbocycles. The average Bonchev–Trinajstić information content (AvgIpc) is 2.26. The van der Waals surface area contributed by atoms with Gasteiger partial charge in [-0.2, -0.15) is 5.26 Å². The lowest BCUT2D eigenvalue weighted by Crippen LogP contribution is -2.30. The minimum absolute atomic E-state index is 0.264. The van der Waals surface area contributed by atoms with Crippen molar-refractivity contribution in [1.82, 2.24) is 5.32 Å². The lowest BCUT2D eigenvalue weighted by molar-refractivity contribution is 0.293. The first-order valence-electron chi connectivity index (χ1n) is 5.36. The Balaban J connectivity index is 2.78. The van der Waals surface area contributed by atoms with E-state index in [0.29, 0.717) is 6.61 Å². The number of benzene rings is 1. The normalized spacial score (nSPS) is 11.9. The molecule has 3 nitrogen and oxygen atoms in total. The van der Waals surface area contributed by atoms with Crippen LogP contribution in [0.3, 0.4) is 0 Å². The average molecular weight is 218 g/mol. The zero-order valence-corrected chi connectivity index (χ0v) is 10.3. The van der Waals surface area contributed by atoms with Crippen molar-refractivity contribution in [2.75, 3.05) is 13.7 Å². The first-order chi connectivity index (χ1) is 7.58. The van der Waals surface area contributed by atoms with E-state index >= 15 is 0 Å². The van der Waals surface area contributed by atoms with Gasteiger partial charge >= 0.3 is 0 Å². The maximum Gasteiger partial charge on any atom is 0.129 e. The van der Waals surface area contributed by atoms with E-state index in [1.165, 1.54) is 11.1 Å². The van der Waals surface area contributed by atoms with Gasteiger partial charge in [0.15, 0.2) is 0 Å². The fraction of sp³-hybridized carbons (Fsp3) is 0.462. The van der Waals surface area contributed by atoms with Crippen LogP contribution in [0.1, 0.15) is 16.7 Å². The van der Waals surface area contributed by atoms with Crippen molar-refractivity contribution in [2.45, 2.75) is 26.8 Å². The number of aryl methyl sites for hydroxylation is 2. The quantitative estimate of drug-likeness (QED) is 0.841. The van der Waals surface area contributed by atoms with Crippen molar-refractivity contribution in [2.24, 2.45) is 0 Å². The summed E-state index contributed by atoms with van der Waals surface area (Å²) in [7, 11) is 1.76. The molecule has 0 amide bonds. The van der Waals surface area contributed by atoms with E-state index in [0.717, 1.165) is 11.3 Å². The number of nitriles is 1. The summed E-state index contributed by atoms with van der Waals surface area (Å²) in [5.41, 5.74) is 3.53. The second-order valence-corrected chi connectivity index (χ2v) is 3.99. The van der Waals surface area contributed by atoms with Crippen molar-refractivity contribution in [3.8, 4) is 11.8 Å². The predicted molar refractivity (Wildman–Crippen MR) is 64.6 cm³/mol. The molecule has 1 N–H and O–H groups in total. The maximum atomic E-state index is 8.79. The Labute approximate surface area is 97.0 Å². The molecule has 0 saturated carbocycles. The molecule has 0 bridgehead atoms. The fourth-order valence-electron chi connectivity index (χ4n) is 1.51. The third-order valence-corrected chi connectivity index (χ3v) is 2.67. The second-order valence-electron chi connectivity index (χ2n) is 3.99. The molecule has 1 atom stereocenters. The Bertz CT molecular complexity index is 407. The summed E-state index contributed by atoms with van der Waals surface area (Å²) in [5, 5.41) is 11.7. The molecule has 1 aromatic rings. The highest BCUT2D eigenvalue weighted by Gasteiger charge is 2.08. The SMILES string of the molecule is CNC(C#N)COc1cc(C)cc(C)c1C. The standard InChI is InChI=1S/C13H18N2O/c1-9-5-10(2)11(3)13(6-9)16-8-12(7-14)15-4/h5-6,12,15H,8H2,1-4H3. The van der Waals surface area contributed by atoms with Gasteiger partial charge in [0.25, 0.3) is 0 Å². The van der Waals surface area contributed by atoms with Gasteiger partial charge in [0.05, 0.1) is 6.07 Å². The van der Waals surface area contributed by atoms with Crippen LogP contribution in [0.15, 0.2) is 12.1 Å². The number of likely N-dealkylation sites (N-methyl/N-ethyl adjacent to an activating group) is 1. The highest BCUT2D eigenvalue weighted by atomic mass is 16.5. The molecule has 0 aliphatic rings. The monoisotopic (exact) mass is 218 g/mol. The molecule has 0 radical (unpaired) electrons. The van der Waals surface area contributed by atoms with Crippen LogP contribution >= 0.6 is 0 Å². The number of ether oxygens (including phenoxy) is 1. The predicted octanol–water partition coefficient (Wildman–Crippen LogP) is 2.10. The zero-order chi connectivity index (χ0) is 12.1. The van der Waals surface area contributed by atoms with E-state index in [1.807, 2.05) is 19.9 Å². The van der Waals surface area contributed by atoms with E-state index in [4.69, 9.17) is 10.00 Å². The van der Waals surface area contributed by atoms with Crippen LogP contribution in [0, 0.1) is 32.1 Å². The van der Waals surface area contributed by atoms with Crippen molar-refractivity contribution in [1.29, 1.82) is 5.26 Å². The van der Waals surface area contributed by atoms with E-state index in [9.17, 15) is 0 Å². The van der Waals surface area contributed by atoms with Gasteiger partial charge < -0.3 is 10.1 Å². The van der Waals surface area contributed by atoms with Crippen molar-refractivity contribution in [3.05, 3.63) is 28.8 Å². The van der Waals surface area contributed by atoms with Gasteiger partial charge in [0, 0.05) is 0 Å². The number of hydrogen-bond acceptors (Lipinski definition) is 3.